The van der Waals surface area contributed by atoms with Crippen molar-refractivity contribution in [2.24, 2.45) is 0 Å². The zero-order valence-electron chi connectivity index (χ0n) is 14.6. The lowest BCUT2D eigenvalue weighted by Gasteiger charge is -2.29. The zero-order chi connectivity index (χ0) is 17.1. The van der Waals surface area contributed by atoms with E-state index in [1.807, 2.05) is 11.0 Å². The maximum Gasteiger partial charge on any atom is 0.242 e. The van der Waals surface area contributed by atoms with Crippen LogP contribution in [0, 0.1) is 0 Å². The lowest BCUT2D eigenvalue weighted by molar-refractivity contribution is -0.130. The van der Waals surface area contributed by atoms with Gasteiger partial charge in [-0.25, -0.2) is 0 Å². The molecular weight excluding hydrogens is 310 g/mol. The Bertz CT molecular complexity index is 735. The summed E-state index contributed by atoms with van der Waals surface area (Å²) >= 11 is 0. The molecule has 25 heavy (non-hydrogen) atoms. The summed E-state index contributed by atoms with van der Waals surface area (Å²) in [7, 11) is 0. The van der Waals surface area contributed by atoms with Crippen LogP contribution in [-0.2, 0) is 17.8 Å². The average molecular weight is 335 g/mol. The molecule has 0 radical (unpaired) electrons. The van der Waals surface area contributed by atoms with Crippen LogP contribution >= 0.6 is 0 Å². The number of rotatable bonds is 4. The number of carbonyl (C=O) groups excluding carboxylic acids is 1. The maximum atomic E-state index is 12.5. The molecule has 1 fully saturated rings. The molecule has 1 saturated heterocycles. The first-order valence-corrected chi connectivity index (χ1v) is 9.23. The molecule has 2 aromatic rings. The van der Waals surface area contributed by atoms with Crippen molar-refractivity contribution in [3.8, 4) is 0 Å². The lowest BCUT2D eigenvalue weighted by atomic mass is 10.00. The Labute approximate surface area is 149 Å². The van der Waals surface area contributed by atoms with Gasteiger partial charge in [0.25, 0.3) is 0 Å². The molecule has 0 bridgehead atoms. The fourth-order valence-corrected chi connectivity index (χ4v) is 3.76. The first-order valence-electron chi connectivity index (χ1n) is 9.23. The Morgan fingerprint density at radius 2 is 1.64 bits per heavy atom. The molecule has 0 unspecified atom stereocenters. The van der Waals surface area contributed by atoms with Crippen molar-refractivity contribution in [1.82, 2.24) is 4.90 Å². The molecule has 2 aromatic carbocycles. The fraction of sp³-hybridized carbons (Fsp3) is 0.381. The number of benzene rings is 2. The topological polar surface area (TPSA) is 35.6 Å². The quantitative estimate of drug-likeness (QED) is 0.931. The summed E-state index contributed by atoms with van der Waals surface area (Å²) in [6, 6.07) is 16.9. The molecule has 2 heterocycles. The molecule has 4 nitrogen and oxygen atoms in total. The number of hydrogen-bond donors (Lipinski definition) is 1. The van der Waals surface area contributed by atoms with Crippen molar-refractivity contribution in [2.75, 3.05) is 36.4 Å². The summed E-state index contributed by atoms with van der Waals surface area (Å²) < 4.78 is 0. The van der Waals surface area contributed by atoms with Crippen LogP contribution in [0.2, 0.25) is 0 Å². The molecule has 0 atom stereocenters. The van der Waals surface area contributed by atoms with Crippen molar-refractivity contribution in [3.63, 3.8) is 0 Å². The van der Waals surface area contributed by atoms with Crippen LogP contribution in [0.25, 0.3) is 0 Å². The van der Waals surface area contributed by atoms with Crippen LogP contribution in [-0.4, -0.2) is 37.0 Å². The van der Waals surface area contributed by atoms with Crippen molar-refractivity contribution in [2.45, 2.75) is 25.8 Å². The summed E-state index contributed by atoms with van der Waals surface area (Å²) in [4.78, 5) is 16.9. The van der Waals surface area contributed by atoms with E-state index in [0.717, 1.165) is 38.3 Å². The Balaban J connectivity index is 1.31. The molecule has 1 N–H and O–H groups in total. The van der Waals surface area contributed by atoms with Gasteiger partial charge in [0, 0.05) is 37.6 Å². The van der Waals surface area contributed by atoms with E-state index in [1.165, 1.54) is 29.7 Å². The van der Waals surface area contributed by atoms with Crippen LogP contribution in [0.4, 0.5) is 11.4 Å². The lowest BCUT2D eigenvalue weighted by Crippen LogP contribution is -2.39. The first-order chi connectivity index (χ1) is 12.3. The SMILES string of the molecule is O=C(CNc1ccc(N2CCCC2)cc1)N1CCc2ccccc2C1. The molecule has 0 spiro atoms. The number of fused-ring (bicyclic) bond motifs is 1. The molecule has 4 rings (SSSR count). The standard InChI is InChI=1S/C21H25N3O/c25-21(24-14-11-17-5-1-2-6-18(17)16-24)15-22-19-7-9-20(10-8-19)23-12-3-4-13-23/h1-2,5-10,22H,3-4,11-16H2. The van der Waals surface area contributed by atoms with E-state index < -0.39 is 0 Å². The first kappa shape index (κ1) is 16.0. The third-order valence-corrected chi connectivity index (χ3v) is 5.27. The molecular formula is C21H25N3O. The number of carbonyl (C=O) groups is 1. The van der Waals surface area contributed by atoms with Crippen molar-refractivity contribution >= 4 is 17.3 Å². The molecule has 4 heteroatoms. The largest absolute Gasteiger partial charge is 0.376 e. The molecule has 130 valence electrons. The second-order valence-corrected chi connectivity index (χ2v) is 6.93. The van der Waals surface area contributed by atoms with E-state index in [1.54, 1.807) is 0 Å². The Morgan fingerprint density at radius 1 is 0.920 bits per heavy atom. The van der Waals surface area contributed by atoms with E-state index in [-0.39, 0.29) is 5.91 Å². The Kier molecular flexibility index (Phi) is 4.59. The summed E-state index contributed by atoms with van der Waals surface area (Å²) in [5.41, 5.74) is 4.93. The highest BCUT2D eigenvalue weighted by Gasteiger charge is 2.20. The monoisotopic (exact) mass is 335 g/mol. The summed E-state index contributed by atoms with van der Waals surface area (Å²) in [5.74, 6) is 0.165. The molecule has 0 saturated carbocycles. The van der Waals surface area contributed by atoms with E-state index in [9.17, 15) is 4.79 Å². The van der Waals surface area contributed by atoms with Crippen LogP contribution in [0.3, 0.4) is 0 Å². The maximum absolute atomic E-state index is 12.5. The minimum absolute atomic E-state index is 0.165. The smallest absolute Gasteiger partial charge is 0.242 e. The molecule has 0 aliphatic carbocycles. The predicted molar refractivity (Wildman–Crippen MR) is 102 cm³/mol. The van der Waals surface area contributed by atoms with Gasteiger partial charge in [0.1, 0.15) is 0 Å². The second kappa shape index (κ2) is 7.18. The highest BCUT2D eigenvalue weighted by molar-refractivity contribution is 5.81. The minimum atomic E-state index is 0.165. The van der Waals surface area contributed by atoms with Gasteiger partial charge in [-0.05, 0) is 54.7 Å². The van der Waals surface area contributed by atoms with Crippen molar-refractivity contribution < 1.29 is 4.79 Å². The number of anilines is 2. The van der Waals surface area contributed by atoms with E-state index >= 15 is 0 Å². The van der Waals surface area contributed by atoms with Crippen molar-refractivity contribution in [1.29, 1.82) is 0 Å². The van der Waals surface area contributed by atoms with Crippen LogP contribution < -0.4 is 10.2 Å². The third kappa shape index (κ3) is 3.63. The summed E-state index contributed by atoms with van der Waals surface area (Å²) in [6.45, 7) is 4.20. The molecule has 2 aliphatic rings. The summed E-state index contributed by atoms with van der Waals surface area (Å²) in [5, 5.41) is 3.27. The third-order valence-electron chi connectivity index (χ3n) is 5.27. The van der Waals surface area contributed by atoms with E-state index in [4.69, 9.17) is 0 Å². The average Bonchev–Trinajstić information content (AvgIpc) is 3.21. The fourth-order valence-electron chi connectivity index (χ4n) is 3.76. The normalized spacial score (nSPS) is 16.6. The van der Waals surface area contributed by atoms with Gasteiger partial charge in [-0.3, -0.25) is 4.79 Å². The van der Waals surface area contributed by atoms with E-state index in [0.29, 0.717) is 6.54 Å². The van der Waals surface area contributed by atoms with Crippen LogP contribution in [0.1, 0.15) is 24.0 Å². The van der Waals surface area contributed by atoms with Gasteiger partial charge in [0.2, 0.25) is 5.91 Å². The number of nitrogens with zero attached hydrogens (tertiary/aromatic N) is 2. The van der Waals surface area contributed by atoms with Gasteiger partial charge in [-0.1, -0.05) is 24.3 Å². The minimum Gasteiger partial charge on any atom is -0.376 e. The second-order valence-electron chi connectivity index (χ2n) is 6.93. The van der Waals surface area contributed by atoms with Gasteiger partial charge >= 0.3 is 0 Å². The number of amides is 1. The molecule has 1 amide bonds. The number of hydrogen-bond acceptors (Lipinski definition) is 3. The Morgan fingerprint density at radius 3 is 2.40 bits per heavy atom. The van der Waals surface area contributed by atoms with Crippen LogP contribution in [0.15, 0.2) is 48.5 Å². The predicted octanol–water partition coefficient (Wildman–Crippen LogP) is 3.28. The van der Waals surface area contributed by atoms with Crippen LogP contribution in [0.5, 0.6) is 0 Å². The highest BCUT2D eigenvalue weighted by atomic mass is 16.2. The van der Waals surface area contributed by atoms with Gasteiger partial charge in [0.05, 0.1) is 6.54 Å². The van der Waals surface area contributed by atoms with Gasteiger partial charge in [-0.2, -0.15) is 0 Å². The molecule has 2 aliphatic heterocycles. The van der Waals surface area contributed by atoms with Gasteiger partial charge in [0.15, 0.2) is 0 Å². The summed E-state index contributed by atoms with van der Waals surface area (Å²) in [6.07, 6.45) is 3.52. The number of nitrogens with one attached hydrogen (secondary N) is 1. The molecule has 0 aromatic heterocycles. The van der Waals surface area contributed by atoms with Gasteiger partial charge in [-0.15, -0.1) is 0 Å². The van der Waals surface area contributed by atoms with E-state index in [2.05, 4.69) is 52.7 Å². The van der Waals surface area contributed by atoms with Gasteiger partial charge < -0.3 is 15.1 Å². The highest BCUT2D eigenvalue weighted by Crippen LogP contribution is 2.22. The zero-order valence-corrected chi connectivity index (χ0v) is 14.6. The Hall–Kier alpha value is -2.49. The van der Waals surface area contributed by atoms with Crippen molar-refractivity contribution in [3.05, 3.63) is 59.7 Å².